The first-order valence-electron chi connectivity index (χ1n) is 5.87. The van der Waals surface area contributed by atoms with Gasteiger partial charge in [-0.15, -0.1) is 14.7 Å². The molecule has 2 heterocycles. The number of hydrogen-bond donors (Lipinski definition) is 2. The normalized spacial score (nSPS) is 11.2. The fourth-order valence-corrected chi connectivity index (χ4v) is 1.80. The first kappa shape index (κ1) is 11.9. The van der Waals surface area contributed by atoms with Crippen molar-refractivity contribution in [3.63, 3.8) is 0 Å². The minimum absolute atomic E-state index is 0.299. The first-order valence-corrected chi connectivity index (χ1v) is 5.87. The van der Waals surface area contributed by atoms with E-state index in [-0.39, 0.29) is 0 Å². The number of aromatic nitrogens is 4. The van der Waals surface area contributed by atoms with Crippen molar-refractivity contribution in [2.75, 3.05) is 11.5 Å². The SMILES string of the molecule is Nc1nn(N=Nn2cccn2)c(N)c1-c1ccccc1. The average molecular weight is 268 g/mol. The van der Waals surface area contributed by atoms with Crippen molar-refractivity contribution >= 4 is 11.6 Å². The average Bonchev–Trinajstić information content (AvgIpc) is 3.06. The van der Waals surface area contributed by atoms with Crippen molar-refractivity contribution in [3.8, 4) is 11.1 Å². The zero-order valence-corrected chi connectivity index (χ0v) is 10.5. The maximum atomic E-state index is 6.01. The molecule has 2 aromatic heterocycles. The van der Waals surface area contributed by atoms with Gasteiger partial charge in [-0.25, -0.2) is 0 Å². The molecule has 0 atom stereocenters. The van der Waals surface area contributed by atoms with E-state index in [0.29, 0.717) is 17.2 Å². The second-order valence-corrected chi connectivity index (χ2v) is 4.01. The summed E-state index contributed by atoms with van der Waals surface area (Å²) in [5.74, 6) is 0.623. The predicted octanol–water partition coefficient (Wildman–Crippen LogP) is 1.59. The quantitative estimate of drug-likeness (QED) is 0.702. The summed E-state index contributed by atoms with van der Waals surface area (Å²) in [6.07, 6.45) is 3.24. The topological polar surface area (TPSA) is 112 Å². The summed E-state index contributed by atoms with van der Waals surface area (Å²) in [6, 6.07) is 11.2. The molecule has 0 unspecified atom stereocenters. The molecule has 0 saturated heterocycles. The highest BCUT2D eigenvalue weighted by molar-refractivity contribution is 5.83. The van der Waals surface area contributed by atoms with Gasteiger partial charge < -0.3 is 11.5 Å². The van der Waals surface area contributed by atoms with Crippen LogP contribution in [-0.4, -0.2) is 19.8 Å². The molecule has 0 bridgehead atoms. The number of rotatable bonds is 3. The van der Waals surface area contributed by atoms with Gasteiger partial charge >= 0.3 is 0 Å². The van der Waals surface area contributed by atoms with Crippen LogP contribution in [0.3, 0.4) is 0 Å². The molecule has 4 N–H and O–H groups in total. The maximum Gasteiger partial charge on any atom is 0.159 e. The van der Waals surface area contributed by atoms with Crippen molar-refractivity contribution in [1.29, 1.82) is 0 Å². The Morgan fingerprint density at radius 3 is 2.50 bits per heavy atom. The molecule has 8 heteroatoms. The Labute approximate surface area is 114 Å². The summed E-state index contributed by atoms with van der Waals surface area (Å²) in [4.78, 5) is 2.47. The lowest BCUT2D eigenvalue weighted by Crippen LogP contribution is -1.99. The number of anilines is 2. The lowest BCUT2D eigenvalue weighted by molar-refractivity contribution is 0.595. The summed E-state index contributed by atoms with van der Waals surface area (Å²) in [5.41, 5.74) is 13.4. The van der Waals surface area contributed by atoms with E-state index in [0.717, 1.165) is 5.56 Å². The second kappa shape index (κ2) is 4.84. The maximum absolute atomic E-state index is 6.01. The lowest BCUT2D eigenvalue weighted by Gasteiger charge is -2.00. The van der Waals surface area contributed by atoms with Gasteiger partial charge in [0.1, 0.15) is 0 Å². The standard InChI is InChI=1S/C12H12N8/c13-11-10(9-5-2-1-3-6-9)12(14)20(16-11)18-17-19-8-4-7-15-19/h1-8H,14H2,(H2,13,16). The van der Waals surface area contributed by atoms with E-state index in [2.05, 4.69) is 20.6 Å². The largest absolute Gasteiger partial charge is 0.382 e. The van der Waals surface area contributed by atoms with Crippen molar-refractivity contribution in [1.82, 2.24) is 19.8 Å². The van der Waals surface area contributed by atoms with Gasteiger partial charge in [0.05, 0.1) is 18.0 Å². The zero-order valence-electron chi connectivity index (χ0n) is 10.5. The van der Waals surface area contributed by atoms with Gasteiger partial charge in [0.25, 0.3) is 0 Å². The Morgan fingerprint density at radius 1 is 1.00 bits per heavy atom. The van der Waals surface area contributed by atoms with E-state index in [1.54, 1.807) is 18.5 Å². The van der Waals surface area contributed by atoms with Crippen LogP contribution in [-0.2, 0) is 0 Å². The van der Waals surface area contributed by atoms with Crippen LogP contribution in [0.1, 0.15) is 0 Å². The number of nitrogen functional groups attached to an aromatic ring is 2. The molecular weight excluding hydrogens is 256 g/mol. The van der Waals surface area contributed by atoms with Gasteiger partial charge in [-0.2, -0.15) is 5.10 Å². The van der Waals surface area contributed by atoms with Crippen LogP contribution in [0.15, 0.2) is 59.2 Å². The predicted molar refractivity (Wildman–Crippen MR) is 74.4 cm³/mol. The van der Waals surface area contributed by atoms with E-state index in [1.807, 2.05) is 30.3 Å². The third-order valence-electron chi connectivity index (χ3n) is 2.70. The molecular formula is C12H12N8. The van der Waals surface area contributed by atoms with Crippen LogP contribution >= 0.6 is 0 Å². The monoisotopic (exact) mass is 268 g/mol. The smallest absolute Gasteiger partial charge is 0.159 e. The molecule has 100 valence electrons. The second-order valence-electron chi connectivity index (χ2n) is 4.01. The highest BCUT2D eigenvalue weighted by atomic mass is 15.7. The van der Waals surface area contributed by atoms with Crippen LogP contribution in [0.5, 0.6) is 0 Å². The molecule has 0 fully saturated rings. The van der Waals surface area contributed by atoms with E-state index >= 15 is 0 Å². The molecule has 0 spiro atoms. The minimum Gasteiger partial charge on any atom is -0.382 e. The number of nitrogens with zero attached hydrogens (tertiary/aromatic N) is 6. The molecule has 1 aromatic carbocycles. The highest BCUT2D eigenvalue weighted by Crippen LogP contribution is 2.31. The molecule has 0 radical (unpaired) electrons. The molecule has 3 aromatic rings. The van der Waals surface area contributed by atoms with Crippen LogP contribution in [0, 0.1) is 0 Å². The van der Waals surface area contributed by atoms with E-state index < -0.39 is 0 Å². The lowest BCUT2D eigenvalue weighted by atomic mass is 10.1. The van der Waals surface area contributed by atoms with Crippen LogP contribution in [0.2, 0.25) is 0 Å². The van der Waals surface area contributed by atoms with Crippen LogP contribution in [0.25, 0.3) is 11.1 Å². The third-order valence-corrected chi connectivity index (χ3v) is 2.70. The highest BCUT2D eigenvalue weighted by Gasteiger charge is 2.14. The third kappa shape index (κ3) is 2.09. The van der Waals surface area contributed by atoms with Gasteiger partial charge in [0.15, 0.2) is 11.6 Å². The minimum atomic E-state index is 0.299. The molecule has 0 saturated carbocycles. The van der Waals surface area contributed by atoms with Gasteiger partial charge in [-0.1, -0.05) is 30.3 Å². The van der Waals surface area contributed by atoms with Gasteiger partial charge in [-0.3, -0.25) is 0 Å². The summed E-state index contributed by atoms with van der Waals surface area (Å²) < 4.78 is 0. The zero-order chi connectivity index (χ0) is 13.9. The summed E-state index contributed by atoms with van der Waals surface area (Å²) in [5, 5.41) is 15.7. The Morgan fingerprint density at radius 2 is 1.80 bits per heavy atom. The van der Waals surface area contributed by atoms with Crippen LogP contribution in [0.4, 0.5) is 11.6 Å². The molecule has 3 rings (SSSR count). The summed E-state index contributed by atoms with van der Waals surface area (Å²) in [7, 11) is 0. The molecule has 0 aliphatic carbocycles. The van der Waals surface area contributed by atoms with Crippen molar-refractivity contribution in [2.45, 2.75) is 0 Å². The van der Waals surface area contributed by atoms with Crippen molar-refractivity contribution in [3.05, 3.63) is 48.8 Å². The van der Waals surface area contributed by atoms with Crippen molar-refractivity contribution < 1.29 is 0 Å². The molecule has 8 nitrogen and oxygen atoms in total. The van der Waals surface area contributed by atoms with Gasteiger partial charge in [0.2, 0.25) is 0 Å². The van der Waals surface area contributed by atoms with E-state index in [9.17, 15) is 0 Å². The molecule has 20 heavy (non-hydrogen) atoms. The first-order chi connectivity index (χ1) is 9.75. The number of nitrogens with two attached hydrogens (primary N) is 2. The van der Waals surface area contributed by atoms with Crippen LogP contribution < -0.4 is 11.5 Å². The van der Waals surface area contributed by atoms with E-state index in [1.165, 1.54) is 9.58 Å². The number of benzene rings is 1. The molecule has 0 amide bonds. The van der Waals surface area contributed by atoms with E-state index in [4.69, 9.17) is 11.5 Å². The Hall–Kier alpha value is -3.16. The summed E-state index contributed by atoms with van der Waals surface area (Å²) in [6.45, 7) is 0. The summed E-state index contributed by atoms with van der Waals surface area (Å²) >= 11 is 0. The van der Waals surface area contributed by atoms with Gasteiger partial charge in [0, 0.05) is 0 Å². The Bertz CT molecular complexity index is 726. The molecule has 0 aliphatic rings. The molecule has 0 aliphatic heterocycles. The number of hydrogen-bond acceptors (Lipinski definition) is 6. The fraction of sp³-hybridized carbons (Fsp3) is 0. The van der Waals surface area contributed by atoms with Crippen molar-refractivity contribution in [2.24, 2.45) is 10.4 Å². The van der Waals surface area contributed by atoms with Gasteiger partial charge in [-0.05, 0) is 22.1 Å². The Balaban J connectivity index is 1.99. The fourth-order valence-electron chi connectivity index (χ4n) is 1.80. The Kier molecular flexibility index (Phi) is 2.88.